The van der Waals surface area contributed by atoms with E-state index in [0.717, 1.165) is 37.7 Å². The number of aliphatic imine (C=N–C) groups is 1. The minimum absolute atomic E-state index is 0. The summed E-state index contributed by atoms with van der Waals surface area (Å²) in [6, 6.07) is 2.39. The van der Waals surface area contributed by atoms with E-state index in [4.69, 9.17) is 4.99 Å². The molecule has 0 bridgehead atoms. The van der Waals surface area contributed by atoms with E-state index in [1.165, 1.54) is 0 Å². The molecule has 2 atom stereocenters. The molecule has 24 heavy (non-hydrogen) atoms. The fourth-order valence-corrected chi connectivity index (χ4v) is 3.05. The maximum atomic E-state index is 4.76. The lowest BCUT2D eigenvalue weighted by atomic mass is 9.93. The number of imidazole rings is 1. The number of nitrogens with zero attached hydrogens (tertiary/aromatic N) is 5. The minimum atomic E-state index is 0. The summed E-state index contributed by atoms with van der Waals surface area (Å²) in [5.41, 5.74) is 1.02. The van der Waals surface area contributed by atoms with Gasteiger partial charge in [0.25, 0.3) is 0 Å². The Morgan fingerprint density at radius 1 is 1.46 bits per heavy atom. The predicted octanol–water partition coefficient (Wildman–Crippen LogP) is 2.27. The highest BCUT2D eigenvalue weighted by molar-refractivity contribution is 14.0. The number of aromatic amines is 1. The van der Waals surface area contributed by atoms with Gasteiger partial charge in [-0.05, 0) is 25.3 Å². The largest absolute Gasteiger partial charge is 0.357 e. The van der Waals surface area contributed by atoms with Gasteiger partial charge in [-0.15, -0.1) is 24.0 Å². The van der Waals surface area contributed by atoms with Gasteiger partial charge in [0.15, 0.2) is 5.96 Å². The summed E-state index contributed by atoms with van der Waals surface area (Å²) in [6.45, 7) is 7.88. The van der Waals surface area contributed by atoms with Gasteiger partial charge in [-0.3, -0.25) is 5.10 Å². The van der Waals surface area contributed by atoms with Crippen LogP contribution in [0.3, 0.4) is 0 Å². The standard InChI is InChI=1S/C16H25N7.HI/c1-3-18-16(19-10-14-4-6-20-21-14)22-8-5-13(2)15(11-22)23-9-7-17-12-23;/h4,6-7,9,12-13,15H,3,5,8,10-11H2,1-2H3,(H,18,19)(H,20,21);1H. The van der Waals surface area contributed by atoms with Gasteiger partial charge in [0, 0.05) is 38.2 Å². The van der Waals surface area contributed by atoms with Crippen molar-refractivity contribution in [3.8, 4) is 0 Å². The second-order valence-electron chi connectivity index (χ2n) is 6.04. The van der Waals surface area contributed by atoms with Gasteiger partial charge in [0.2, 0.25) is 0 Å². The van der Waals surface area contributed by atoms with Crippen LogP contribution in [0.5, 0.6) is 0 Å². The van der Waals surface area contributed by atoms with Crippen molar-refractivity contribution in [2.24, 2.45) is 10.9 Å². The van der Waals surface area contributed by atoms with Gasteiger partial charge in [-0.2, -0.15) is 5.10 Å². The van der Waals surface area contributed by atoms with Crippen LogP contribution in [0.25, 0.3) is 0 Å². The Balaban J connectivity index is 0.00000208. The van der Waals surface area contributed by atoms with Gasteiger partial charge >= 0.3 is 0 Å². The molecule has 3 rings (SSSR count). The lowest BCUT2D eigenvalue weighted by Gasteiger charge is -2.39. The molecule has 2 N–H and O–H groups in total. The van der Waals surface area contributed by atoms with E-state index in [1.54, 1.807) is 6.20 Å². The van der Waals surface area contributed by atoms with Crippen LogP contribution in [-0.2, 0) is 6.54 Å². The Kier molecular flexibility index (Phi) is 7.07. The molecule has 3 heterocycles. The van der Waals surface area contributed by atoms with Crippen molar-refractivity contribution in [3.63, 3.8) is 0 Å². The molecule has 2 aromatic heterocycles. The van der Waals surface area contributed by atoms with Crippen LogP contribution in [0, 0.1) is 5.92 Å². The van der Waals surface area contributed by atoms with Crippen LogP contribution < -0.4 is 5.32 Å². The van der Waals surface area contributed by atoms with Crippen LogP contribution in [0.2, 0.25) is 0 Å². The van der Waals surface area contributed by atoms with E-state index in [0.29, 0.717) is 18.5 Å². The van der Waals surface area contributed by atoms with Crippen molar-refractivity contribution >= 4 is 29.9 Å². The van der Waals surface area contributed by atoms with E-state index in [2.05, 4.69) is 50.0 Å². The maximum Gasteiger partial charge on any atom is 0.194 e. The monoisotopic (exact) mass is 443 g/mol. The topological polar surface area (TPSA) is 74.1 Å². The highest BCUT2D eigenvalue weighted by Crippen LogP contribution is 2.27. The molecule has 0 spiro atoms. The second-order valence-corrected chi connectivity index (χ2v) is 6.04. The first-order chi connectivity index (χ1) is 11.3. The zero-order valence-corrected chi connectivity index (χ0v) is 16.6. The second kappa shape index (κ2) is 9.05. The zero-order chi connectivity index (χ0) is 16.1. The number of piperidine rings is 1. The summed E-state index contributed by atoms with van der Waals surface area (Å²) in [7, 11) is 0. The Morgan fingerprint density at radius 2 is 2.33 bits per heavy atom. The average Bonchev–Trinajstić information content (AvgIpc) is 3.25. The molecule has 0 radical (unpaired) electrons. The number of nitrogens with one attached hydrogen (secondary N) is 2. The molecule has 0 saturated carbocycles. The first-order valence-electron chi connectivity index (χ1n) is 8.27. The molecule has 7 nitrogen and oxygen atoms in total. The van der Waals surface area contributed by atoms with Gasteiger partial charge in [0.1, 0.15) is 0 Å². The molecule has 1 aliphatic heterocycles. The van der Waals surface area contributed by atoms with Crippen molar-refractivity contribution in [1.29, 1.82) is 0 Å². The highest BCUT2D eigenvalue weighted by atomic mass is 127. The van der Waals surface area contributed by atoms with Crippen LogP contribution in [0.4, 0.5) is 0 Å². The Hall–Kier alpha value is -1.58. The number of aromatic nitrogens is 4. The first kappa shape index (κ1) is 18.8. The quantitative estimate of drug-likeness (QED) is 0.432. The Bertz CT molecular complexity index is 608. The van der Waals surface area contributed by atoms with Crippen molar-refractivity contribution in [2.75, 3.05) is 19.6 Å². The predicted molar refractivity (Wildman–Crippen MR) is 105 cm³/mol. The molecule has 0 aromatic carbocycles. The number of likely N-dealkylation sites (tertiary alicyclic amines) is 1. The summed E-state index contributed by atoms with van der Waals surface area (Å²) in [6.07, 6.45) is 8.73. The van der Waals surface area contributed by atoms with E-state index in [9.17, 15) is 0 Å². The summed E-state index contributed by atoms with van der Waals surface area (Å²) >= 11 is 0. The van der Waals surface area contributed by atoms with Gasteiger partial charge in [-0.1, -0.05) is 6.92 Å². The molecule has 2 unspecified atom stereocenters. The lowest BCUT2D eigenvalue weighted by molar-refractivity contribution is 0.189. The van der Waals surface area contributed by atoms with Gasteiger partial charge < -0.3 is 14.8 Å². The Morgan fingerprint density at radius 3 is 3.00 bits per heavy atom. The van der Waals surface area contributed by atoms with E-state index in [-0.39, 0.29) is 24.0 Å². The molecule has 1 saturated heterocycles. The molecule has 132 valence electrons. The van der Waals surface area contributed by atoms with Crippen molar-refractivity contribution in [1.82, 2.24) is 30.0 Å². The van der Waals surface area contributed by atoms with Crippen LogP contribution in [0.1, 0.15) is 32.0 Å². The van der Waals surface area contributed by atoms with E-state index < -0.39 is 0 Å². The summed E-state index contributed by atoms with van der Waals surface area (Å²) < 4.78 is 2.22. The van der Waals surface area contributed by atoms with Crippen molar-refractivity contribution in [3.05, 3.63) is 36.7 Å². The molecule has 1 aliphatic rings. The number of hydrogen-bond acceptors (Lipinski definition) is 3. The lowest BCUT2D eigenvalue weighted by Crippen LogP contribution is -2.49. The summed E-state index contributed by atoms with van der Waals surface area (Å²) in [5, 5.41) is 10.3. The molecule has 8 heteroatoms. The van der Waals surface area contributed by atoms with Crippen molar-refractivity contribution < 1.29 is 0 Å². The van der Waals surface area contributed by atoms with Crippen LogP contribution >= 0.6 is 24.0 Å². The summed E-state index contributed by atoms with van der Waals surface area (Å²) in [4.78, 5) is 11.3. The highest BCUT2D eigenvalue weighted by Gasteiger charge is 2.28. The van der Waals surface area contributed by atoms with Gasteiger partial charge in [0.05, 0.1) is 24.6 Å². The molecular weight excluding hydrogens is 417 g/mol. The van der Waals surface area contributed by atoms with Gasteiger partial charge in [-0.25, -0.2) is 9.98 Å². The minimum Gasteiger partial charge on any atom is -0.357 e. The molecule has 0 aliphatic carbocycles. The molecule has 0 amide bonds. The average molecular weight is 443 g/mol. The van der Waals surface area contributed by atoms with Crippen LogP contribution in [-0.4, -0.2) is 50.2 Å². The number of rotatable bonds is 4. The number of halogens is 1. The fraction of sp³-hybridized carbons (Fsp3) is 0.562. The fourth-order valence-electron chi connectivity index (χ4n) is 3.05. The number of guanidine groups is 1. The summed E-state index contributed by atoms with van der Waals surface area (Å²) in [5.74, 6) is 1.61. The SMILES string of the molecule is CCNC(=NCc1ccn[nH]1)N1CCC(C)C(n2ccnc2)C1.I. The maximum absolute atomic E-state index is 4.76. The molecule has 1 fully saturated rings. The molecule has 2 aromatic rings. The van der Waals surface area contributed by atoms with E-state index >= 15 is 0 Å². The smallest absolute Gasteiger partial charge is 0.194 e. The van der Waals surface area contributed by atoms with Crippen LogP contribution in [0.15, 0.2) is 36.0 Å². The first-order valence-corrected chi connectivity index (χ1v) is 8.27. The van der Waals surface area contributed by atoms with E-state index in [1.807, 2.05) is 18.6 Å². The Labute approximate surface area is 160 Å². The third-order valence-corrected chi connectivity index (χ3v) is 4.42. The third-order valence-electron chi connectivity index (χ3n) is 4.42. The van der Waals surface area contributed by atoms with Crippen molar-refractivity contribution in [2.45, 2.75) is 32.9 Å². The third kappa shape index (κ3) is 4.49. The molecular formula is C16H26IN7. The normalized spacial score (nSPS) is 21.4. The number of hydrogen-bond donors (Lipinski definition) is 2. The zero-order valence-electron chi connectivity index (χ0n) is 14.2. The number of H-pyrrole nitrogens is 1.